The second-order valence-corrected chi connectivity index (χ2v) is 7.99. The summed E-state index contributed by atoms with van der Waals surface area (Å²) >= 11 is 0. The van der Waals surface area contributed by atoms with Crippen LogP contribution in [0.1, 0.15) is 11.1 Å². The van der Waals surface area contributed by atoms with Gasteiger partial charge in [0.05, 0.1) is 22.3 Å². The number of hydrogen-bond donors (Lipinski definition) is 4. The molecule has 8 nitrogen and oxygen atoms in total. The van der Waals surface area contributed by atoms with E-state index in [0.717, 1.165) is 36.4 Å². The average Bonchev–Trinajstić information content (AvgIpc) is 3.22. The largest absolute Gasteiger partial charge is 0.411 e. The maximum Gasteiger partial charge on any atom is 0.411 e. The number of rotatable bonds is 4. The lowest BCUT2D eigenvalue weighted by Crippen LogP contribution is -2.56. The maximum atomic E-state index is 14.9. The lowest BCUT2D eigenvalue weighted by Gasteiger charge is -2.38. The highest BCUT2D eigenvalue weighted by Gasteiger charge is 2.79. The van der Waals surface area contributed by atoms with Crippen molar-refractivity contribution in [3.8, 4) is 0 Å². The van der Waals surface area contributed by atoms with Crippen LogP contribution in [-0.2, 0) is 19.2 Å². The van der Waals surface area contributed by atoms with Gasteiger partial charge in [-0.25, -0.2) is 0 Å². The maximum absolute atomic E-state index is 14.9. The summed E-state index contributed by atoms with van der Waals surface area (Å²) in [4.78, 5) is 50.8. The SMILES string of the molecule is Nc1ccccc1C1=C(C(C2=C(c3ccccc3N)C(=O)NC2=O)(C(F)(F)F)C(F)(F)F)C(=O)NC1=O. The first kappa shape index (κ1) is 25.5. The zero-order valence-corrected chi connectivity index (χ0v) is 18.2. The van der Waals surface area contributed by atoms with Crippen LogP contribution in [0, 0.1) is 5.41 Å². The summed E-state index contributed by atoms with van der Waals surface area (Å²) in [6.07, 6.45) is -13.0. The van der Waals surface area contributed by atoms with Crippen molar-refractivity contribution in [3.05, 3.63) is 70.8 Å². The molecule has 0 radical (unpaired) electrons. The van der Waals surface area contributed by atoms with Gasteiger partial charge in [0.15, 0.2) is 0 Å². The molecule has 4 amide bonds. The Balaban J connectivity index is 2.30. The molecule has 0 aromatic heterocycles. The summed E-state index contributed by atoms with van der Waals surface area (Å²) < 4.78 is 89.5. The molecule has 0 fully saturated rings. The standard InChI is InChI=1S/C23H14F6N4O4/c24-22(25,26)21(23(27,28)29,15-13(17(34)32-19(15)36)9-5-1-3-7-11(9)30)16-14(18(35)33-20(16)37)10-6-2-4-8-12(10)31/h1-8H,30-31H2,(H,32,34,36)(H,33,35,37). The third-order valence-electron chi connectivity index (χ3n) is 5.92. The number of nitrogen functional groups attached to an aromatic ring is 2. The van der Waals surface area contributed by atoms with Crippen LogP contribution in [0.15, 0.2) is 59.7 Å². The van der Waals surface area contributed by atoms with Crippen molar-refractivity contribution in [1.82, 2.24) is 10.6 Å². The number of benzene rings is 2. The first-order valence-corrected chi connectivity index (χ1v) is 10.2. The molecule has 6 N–H and O–H groups in total. The van der Waals surface area contributed by atoms with Gasteiger partial charge in [0.25, 0.3) is 23.6 Å². The molecule has 0 aliphatic carbocycles. The molecule has 0 saturated heterocycles. The quantitative estimate of drug-likeness (QED) is 0.275. The Morgan fingerprint density at radius 1 is 0.541 bits per heavy atom. The van der Waals surface area contributed by atoms with Crippen molar-refractivity contribution < 1.29 is 45.5 Å². The van der Waals surface area contributed by atoms with Gasteiger partial charge < -0.3 is 11.5 Å². The third kappa shape index (κ3) is 3.55. The summed E-state index contributed by atoms with van der Waals surface area (Å²) in [5.41, 5.74) is -3.09. The monoisotopic (exact) mass is 524 g/mol. The minimum absolute atomic E-state index is 0.424. The van der Waals surface area contributed by atoms with Crippen molar-refractivity contribution in [2.45, 2.75) is 12.4 Å². The normalized spacial score (nSPS) is 17.0. The Labute approximate surface area is 203 Å². The Morgan fingerprint density at radius 3 is 1.16 bits per heavy atom. The average molecular weight is 524 g/mol. The number of para-hydroxylation sites is 2. The van der Waals surface area contributed by atoms with E-state index in [1.165, 1.54) is 22.8 Å². The van der Waals surface area contributed by atoms with E-state index in [2.05, 4.69) is 0 Å². The van der Waals surface area contributed by atoms with E-state index in [1.807, 2.05) is 0 Å². The molecule has 0 saturated carbocycles. The molecule has 0 atom stereocenters. The van der Waals surface area contributed by atoms with E-state index >= 15 is 0 Å². The van der Waals surface area contributed by atoms with Gasteiger partial charge in [-0.2, -0.15) is 26.3 Å². The van der Waals surface area contributed by atoms with Crippen molar-refractivity contribution in [1.29, 1.82) is 0 Å². The first-order chi connectivity index (χ1) is 17.1. The van der Waals surface area contributed by atoms with Gasteiger partial charge in [-0.15, -0.1) is 0 Å². The highest BCUT2D eigenvalue weighted by Crippen LogP contribution is 2.63. The lowest BCUT2D eigenvalue weighted by atomic mass is 9.68. The highest BCUT2D eigenvalue weighted by molar-refractivity contribution is 6.40. The molecule has 4 rings (SSSR count). The summed E-state index contributed by atoms with van der Waals surface area (Å²) in [5, 5.41) is 2.87. The van der Waals surface area contributed by atoms with Gasteiger partial charge in [0, 0.05) is 22.5 Å². The fraction of sp³-hybridized carbons (Fsp3) is 0.130. The van der Waals surface area contributed by atoms with Crippen molar-refractivity contribution in [2.24, 2.45) is 5.41 Å². The van der Waals surface area contributed by atoms with Crippen LogP contribution < -0.4 is 22.1 Å². The molecule has 2 heterocycles. The first-order valence-electron chi connectivity index (χ1n) is 10.2. The smallest absolute Gasteiger partial charge is 0.398 e. The number of nitrogens with one attached hydrogen (secondary N) is 2. The number of anilines is 2. The van der Waals surface area contributed by atoms with E-state index in [4.69, 9.17) is 11.5 Å². The Kier molecular flexibility index (Phi) is 5.65. The molecule has 2 aliphatic heterocycles. The van der Waals surface area contributed by atoms with Gasteiger partial charge in [-0.3, -0.25) is 29.8 Å². The van der Waals surface area contributed by atoms with Gasteiger partial charge in [-0.1, -0.05) is 36.4 Å². The van der Waals surface area contributed by atoms with Crippen LogP contribution >= 0.6 is 0 Å². The number of carbonyl (C=O) groups excluding carboxylic acids is 4. The Bertz CT molecular complexity index is 1350. The topological polar surface area (TPSA) is 144 Å². The summed E-state index contributed by atoms with van der Waals surface area (Å²) in [5.74, 6) is -7.36. The number of amides is 4. The van der Waals surface area contributed by atoms with Crippen LogP contribution in [0.5, 0.6) is 0 Å². The zero-order chi connectivity index (χ0) is 27.5. The van der Waals surface area contributed by atoms with Crippen LogP contribution in [0.25, 0.3) is 11.1 Å². The lowest BCUT2D eigenvalue weighted by molar-refractivity contribution is -0.309. The molecule has 0 spiro atoms. The summed E-state index contributed by atoms with van der Waals surface area (Å²) in [6.45, 7) is 0. The Hall–Kier alpha value is -4.62. The van der Waals surface area contributed by atoms with Gasteiger partial charge in [0.1, 0.15) is 0 Å². The van der Waals surface area contributed by atoms with Gasteiger partial charge in [-0.05, 0) is 12.1 Å². The number of imide groups is 2. The predicted octanol–water partition coefficient (Wildman–Crippen LogP) is 2.48. The summed E-state index contributed by atoms with van der Waals surface area (Å²) in [7, 11) is 0. The van der Waals surface area contributed by atoms with Crippen LogP contribution in [0.4, 0.5) is 37.7 Å². The molecule has 37 heavy (non-hydrogen) atoms. The van der Waals surface area contributed by atoms with Gasteiger partial charge >= 0.3 is 12.4 Å². The third-order valence-corrected chi connectivity index (χ3v) is 5.92. The van der Waals surface area contributed by atoms with Gasteiger partial charge in [0.2, 0.25) is 5.41 Å². The van der Waals surface area contributed by atoms with E-state index in [1.54, 1.807) is 0 Å². The minimum Gasteiger partial charge on any atom is -0.398 e. The van der Waals surface area contributed by atoms with Crippen molar-refractivity contribution >= 4 is 46.1 Å². The second-order valence-electron chi connectivity index (χ2n) is 7.99. The van der Waals surface area contributed by atoms with Crippen molar-refractivity contribution in [3.63, 3.8) is 0 Å². The molecule has 2 aromatic rings. The van der Waals surface area contributed by atoms with Crippen LogP contribution in [-0.4, -0.2) is 36.0 Å². The van der Waals surface area contributed by atoms with Crippen molar-refractivity contribution in [2.75, 3.05) is 11.5 Å². The molecule has 0 bridgehead atoms. The molecule has 2 aliphatic rings. The van der Waals surface area contributed by atoms with E-state index in [-0.39, 0.29) is 0 Å². The Morgan fingerprint density at radius 2 is 0.865 bits per heavy atom. The molecular weight excluding hydrogens is 510 g/mol. The van der Waals surface area contributed by atoms with Crippen LogP contribution in [0.3, 0.4) is 0 Å². The number of nitrogens with two attached hydrogens (primary N) is 2. The zero-order valence-electron chi connectivity index (χ0n) is 18.2. The second kappa shape index (κ2) is 8.21. The number of alkyl halides is 6. The minimum atomic E-state index is -6.48. The molecule has 0 unspecified atom stereocenters. The fourth-order valence-corrected chi connectivity index (χ4v) is 4.44. The van der Waals surface area contributed by atoms with E-state index < -0.39 is 86.2 Å². The number of halogens is 6. The highest BCUT2D eigenvalue weighted by atomic mass is 19.4. The number of hydrogen-bond acceptors (Lipinski definition) is 6. The molecular formula is C23H14F6N4O4. The van der Waals surface area contributed by atoms with E-state index in [0.29, 0.717) is 0 Å². The predicted molar refractivity (Wildman–Crippen MR) is 116 cm³/mol. The molecule has 14 heteroatoms. The molecule has 2 aromatic carbocycles. The number of carbonyl (C=O) groups is 4. The summed E-state index contributed by atoms with van der Waals surface area (Å²) in [6, 6.07) is 8.94. The molecule has 192 valence electrons. The van der Waals surface area contributed by atoms with Crippen LogP contribution in [0.2, 0.25) is 0 Å². The fourth-order valence-electron chi connectivity index (χ4n) is 4.44. The van der Waals surface area contributed by atoms with E-state index in [9.17, 15) is 45.5 Å².